The summed E-state index contributed by atoms with van der Waals surface area (Å²) in [5.41, 5.74) is 5.40. The van der Waals surface area contributed by atoms with Crippen LogP contribution in [0, 0.1) is 0 Å². The minimum Gasteiger partial charge on any atom is -0.366 e. The Balaban J connectivity index is 2.31. The van der Waals surface area contributed by atoms with E-state index in [4.69, 9.17) is 5.73 Å². The van der Waals surface area contributed by atoms with Gasteiger partial charge in [0.1, 0.15) is 0 Å². The first-order valence-corrected chi connectivity index (χ1v) is 6.30. The summed E-state index contributed by atoms with van der Waals surface area (Å²) in [7, 11) is 0. The first-order chi connectivity index (χ1) is 9.33. The van der Waals surface area contributed by atoms with Crippen molar-refractivity contribution in [3.05, 3.63) is 35.4 Å². The van der Waals surface area contributed by atoms with Crippen molar-refractivity contribution in [1.82, 2.24) is 10.2 Å². The number of benzene rings is 1. The second-order valence-corrected chi connectivity index (χ2v) is 5.28. The molecular weight excluding hydrogens is 258 g/mol. The van der Waals surface area contributed by atoms with Gasteiger partial charge in [0.25, 0.3) is 0 Å². The fraction of sp³-hybridized carbons (Fsp3) is 0.357. The van der Waals surface area contributed by atoms with Crippen molar-refractivity contribution in [2.24, 2.45) is 5.73 Å². The Bertz CT molecular complexity index is 581. The van der Waals surface area contributed by atoms with E-state index >= 15 is 0 Å². The topological polar surface area (TPSA) is 92.5 Å². The van der Waals surface area contributed by atoms with E-state index in [1.807, 2.05) is 0 Å². The molecule has 0 atom stereocenters. The molecule has 6 nitrogen and oxygen atoms in total. The Morgan fingerprint density at radius 2 is 2.00 bits per heavy atom. The lowest BCUT2D eigenvalue weighted by atomic mass is 9.99. The lowest BCUT2D eigenvalue weighted by molar-refractivity contribution is -0.153. The SMILES string of the molecule is CC1(C)NCC(=O)N(Cc2ccccc2C(N)=O)C1=O. The minimum absolute atomic E-state index is 0.0574. The lowest BCUT2D eigenvalue weighted by Crippen LogP contribution is -2.63. The van der Waals surface area contributed by atoms with E-state index in [2.05, 4.69) is 5.32 Å². The van der Waals surface area contributed by atoms with Gasteiger partial charge in [-0.05, 0) is 25.5 Å². The van der Waals surface area contributed by atoms with Gasteiger partial charge in [-0.3, -0.25) is 24.6 Å². The largest absolute Gasteiger partial charge is 0.366 e. The van der Waals surface area contributed by atoms with Gasteiger partial charge in [-0.2, -0.15) is 0 Å². The molecule has 1 aromatic rings. The highest BCUT2D eigenvalue weighted by atomic mass is 16.2. The molecule has 0 spiro atoms. The molecule has 3 amide bonds. The highest BCUT2D eigenvalue weighted by Gasteiger charge is 2.39. The number of hydrogen-bond donors (Lipinski definition) is 2. The van der Waals surface area contributed by atoms with Crippen LogP contribution in [0.2, 0.25) is 0 Å². The van der Waals surface area contributed by atoms with Crippen molar-refractivity contribution >= 4 is 17.7 Å². The number of hydrogen-bond acceptors (Lipinski definition) is 4. The Morgan fingerprint density at radius 3 is 2.65 bits per heavy atom. The van der Waals surface area contributed by atoms with Crippen molar-refractivity contribution in [3.8, 4) is 0 Å². The molecule has 1 aromatic carbocycles. The van der Waals surface area contributed by atoms with E-state index in [0.717, 1.165) is 4.90 Å². The molecule has 0 unspecified atom stereocenters. The van der Waals surface area contributed by atoms with E-state index in [-0.39, 0.29) is 24.9 Å². The highest BCUT2D eigenvalue weighted by molar-refractivity contribution is 6.03. The summed E-state index contributed by atoms with van der Waals surface area (Å²) < 4.78 is 0. The fourth-order valence-electron chi connectivity index (χ4n) is 2.15. The van der Waals surface area contributed by atoms with E-state index in [9.17, 15) is 14.4 Å². The summed E-state index contributed by atoms with van der Waals surface area (Å²) >= 11 is 0. The zero-order valence-corrected chi connectivity index (χ0v) is 11.5. The third-order valence-corrected chi connectivity index (χ3v) is 3.37. The summed E-state index contributed by atoms with van der Waals surface area (Å²) in [4.78, 5) is 36.7. The van der Waals surface area contributed by atoms with Crippen molar-refractivity contribution in [1.29, 1.82) is 0 Å². The zero-order valence-electron chi connectivity index (χ0n) is 11.5. The third-order valence-electron chi connectivity index (χ3n) is 3.37. The maximum absolute atomic E-state index is 12.3. The molecule has 1 saturated heterocycles. The molecule has 2 rings (SSSR count). The average Bonchev–Trinajstić information content (AvgIpc) is 2.40. The standard InChI is InChI=1S/C14H17N3O3/c1-14(2)13(20)17(11(18)7-16-14)8-9-5-3-4-6-10(9)12(15)19/h3-6,16H,7-8H2,1-2H3,(H2,15,19). The van der Waals surface area contributed by atoms with Crippen molar-refractivity contribution < 1.29 is 14.4 Å². The average molecular weight is 275 g/mol. The summed E-state index contributed by atoms with van der Waals surface area (Å²) in [5.74, 6) is -1.20. The first-order valence-electron chi connectivity index (χ1n) is 6.30. The highest BCUT2D eigenvalue weighted by Crippen LogP contribution is 2.18. The fourth-order valence-corrected chi connectivity index (χ4v) is 2.15. The molecule has 1 aliphatic heterocycles. The smallest absolute Gasteiger partial charge is 0.249 e. The minimum atomic E-state index is -0.796. The molecule has 0 aromatic heterocycles. The van der Waals surface area contributed by atoms with E-state index in [0.29, 0.717) is 11.1 Å². The van der Waals surface area contributed by atoms with E-state index in [1.54, 1.807) is 38.1 Å². The van der Waals surface area contributed by atoms with Gasteiger partial charge in [-0.25, -0.2) is 0 Å². The molecule has 6 heteroatoms. The van der Waals surface area contributed by atoms with Crippen LogP contribution >= 0.6 is 0 Å². The summed E-state index contributed by atoms with van der Waals surface area (Å²) in [5, 5.41) is 2.88. The van der Waals surface area contributed by atoms with Gasteiger partial charge in [0.05, 0.1) is 18.6 Å². The van der Waals surface area contributed by atoms with Gasteiger partial charge in [0, 0.05) is 5.56 Å². The quantitative estimate of drug-likeness (QED) is 0.761. The number of carbonyl (C=O) groups is 3. The number of rotatable bonds is 3. The monoisotopic (exact) mass is 275 g/mol. The molecule has 0 radical (unpaired) electrons. The number of imide groups is 1. The summed E-state index contributed by atoms with van der Waals surface area (Å²) in [6, 6.07) is 6.70. The van der Waals surface area contributed by atoms with Crippen LogP contribution in [0.4, 0.5) is 0 Å². The number of nitrogens with two attached hydrogens (primary N) is 1. The van der Waals surface area contributed by atoms with Crippen LogP contribution in [0.3, 0.4) is 0 Å². The molecule has 1 aliphatic rings. The van der Waals surface area contributed by atoms with Crippen LogP contribution in [0.5, 0.6) is 0 Å². The second kappa shape index (κ2) is 5.05. The Morgan fingerprint density at radius 1 is 1.35 bits per heavy atom. The summed E-state index contributed by atoms with van der Waals surface area (Å²) in [6.45, 7) is 3.59. The van der Waals surface area contributed by atoms with Gasteiger partial charge < -0.3 is 5.73 Å². The van der Waals surface area contributed by atoms with Gasteiger partial charge >= 0.3 is 0 Å². The predicted molar refractivity (Wildman–Crippen MR) is 72.6 cm³/mol. The van der Waals surface area contributed by atoms with Crippen LogP contribution in [-0.4, -0.2) is 34.7 Å². The van der Waals surface area contributed by atoms with Crippen molar-refractivity contribution in [2.45, 2.75) is 25.9 Å². The first kappa shape index (κ1) is 14.2. The second-order valence-electron chi connectivity index (χ2n) is 5.28. The number of nitrogens with one attached hydrogen (secondary N) is 1. The van der Waals surface area contributed by atoms with Crippen LogP contribution in [-0.2, 0) is 16.1 Å². The van der Waals surface area contributed by atoms with Crippen molar-refractivity contribution in [2.75, 3.05) is 6.54 Å². The predicted octanol–water partition coefficient (Wildman–Crippen LogP) is 0.0225. The molecule has 20 heavy (non-hydrogen) atoms. The van der Waals surface area contributed by atoms with Gasteiger partial charge in [-0.1, -0.05) is 18.2 Å². The molecule has 1 heterocycles. The molecular formula is C14H17N3O3. The van der Waals surface area contributed by atoms with E-state index in [1.165, 1.54) is 0 Å². The maximum Gasteiger partial charge on any atom is 0.249 e. The number of nitrogens with zero attached hydrogens (tertiary/aromatic N) is 1. The molecule has 0 saturated carbocycles. The Kier molecular flexibility index (Phi) is 3.59. The van der Waals surface area contributed by atoms with Crippen LogP contribution in [0.15, 0.2) is 24.3 Å². The maximum atomic E-state index is 12.3. The van der Waals surface area contributed by atoms with Crippen molar-refractivity contribution in [3.63, 3.8) is 0 Å². The normalized spacial score (nSPS) is 18.2. The molecule has 0 aliphatic carbocycles. The summed E-state index contributed by atoms with van der Waals surface area (Å²) in [6.07, 6.45) is 0. The number of amides is 3. The van der Waals surface area contributed by atoms with Gasteiger partial charge in [0.2, 0.25) is 17.7 Å². The van der Waals surface area contributed by atoms with Crippen LogP contribution < -0.4 is 11.1 Å². The van der Waals surface area contributed by atoms with Crippen LogP contribution in [0.1, 0.15) is 29.8 Å². The zero-order chi connectivity index (χ0) is 14.9. The molecule has 106 valence electrons. The van der Waals surface area contributed by atoms with Gasteiger partial charge in [-0.15, -0.1) is 0 Å². The lowest BCUT2D eigenvalue weighted by Gasteiger charge is -2.36. The molecule has 3 N–H and O–H groups in total. The number of piperazine rings is 1. The third kappa shape index (κ3) is 2.55. The van der Waals surface area contributed by atoms with E-state index < -0.39 is 11.4 Å². The van der Waals surface area contributed by atoms with Crippen LogP contribution in [0.25, 0.3) is 0 Å². The Hall–Kier alpha value is -2.21. The molecule has 0 bridgehead atoms. The Labute approximate surface area is 116 Å². The number of carbonyl (C=O) groups excluding carboxylic acids is 3. The van der Waals surface area contributed by atoms with Gasteiger partial charge in [0.15, 0.2) is 0 Å². The number of primary amides is 1. The molecule has 1 fully saturated rings.